The molecule has 1 fully saturated rings. The van der Waals surface area contributed by atoms with Crippen molar-refractivity contribution in [3.63, 3.8) is 0 Å². The number of rotatable bonds is 4. The van der Waals surface area contributed by atoms with Gasteiger partial charge in [-0.1, -0.05) is 65.1 Å². The molecule has 0 aliphatic carbocycles. The molecule has 3 nitrogen and oxygen atoms in total. The number of carbonyl (C=O) groups is 1. The second kappa shape index (κ2) is 10.2. The summed E-state index contributed by atoms with van der Waals surface area (Å²) in [5.41, 5.74) is 2.60. The van der Waals surface area contributed by atoms with Gasteiger partial charge in [0.1, 0.15) is 0 Å². The molecule has 0 radical (unpaired) electrons. The minimum Gasteiger partial charge on any atom is -0.343 e. The number of halogens is 6. The maximum Gasteiger partial charge on any atom is 0.416 e. The van der Waals surface area contributed by atoms with Gasteiger partial charge >= 0.3 is 6.18 Å². The van der Waals surface area contributed by atoms with Crippen molar-refractivity contribution in [1.29, 1.82) is 0 Å². The lowest BCUT2D eigenvalue weighted by atomic mass is 9.89. The highest BCUT2D eigenvalue weighted by molar-refractivity contribution is 6.42. The van der Waals surface area contributed by atoms with Crippen LogP contribution < -0.4 is 0 Å². The van der Waals surface area contributed by atoms with Crippen LogP contribution in [0, 0.1) is 0 Å². The Morgan fingerprint density at radius 2 is 1.54 bits per heavy atom. The molecule has 3 aromatic carbocycles. The van der Waals surface area contributed by atoms with Crippen LogP contribution in [0.4, 0.5) is 13.2 Å². The Morgan fingerprint density at radius 1 is 0.919 bits per heavy atom. The zero-order valence-corrected chi connectivity index (χ0v) is 21.8. The van der Waals surface area contributed by atoms with Crippen molar-refractivity contribution in [3.8, 4) is 0 Å². The lowest BCUT2D eigenvalue weighted by Crippen LogP contribution is -2.38. The van der Waals surface area contributed by atoms with Crippen molar-refractivity contribution in [2.24, 2.45) is 0 Å². The smallest absolute Gasteiger partial charge is 0.343 e. The zero-order chi connectivity index (χ0) is 26.3. The van der Waals surface area contributed by atoms with Gasteiger partial charge in [0, 0.05) is 41.8 Å². The first-order chi connectivity index (χ1) is 17.6. The number of likely N-dealkylation sites (tertiary alicyclic amines) is 1. The van der Waals surface area contributed by atoms with Crippen molar-refractivity contribution in [2.75, 3.05) is 13.1 Å². The van der Waals surface area contributed by atoms with Gasteiger partial charge in [0.25, 0.3) is 5.91 Å². The lowest BCUT2D eigenvalue weighted by Gasteiger charge is -2.32. The standard InChI is InChI=1S/C28H22Cl3F3N2O/c29-20-13-23(30)26(24(31)14-20)27(37)35-11-9-18(10-12-35)22-16-36(25-4-2-1-3-21(22)25)15-17-5-7-19(8-6-17)28(32,33)34/h1-8,13-14,16,18H,9-12,15H2. The number of alkyl halides is 3. The molecule has 5 rings (SSSR count). The summed E-state index contributed by atoms with van der Waals surface area (Å²) in [4.78, 5) is 14.9. The first kappa shape index (κ1) is 26.0. The third kappa shape index (κ3) is 5.33. The Morgan fingerprint density at radius 3 is 2.16 bits per heavy atom. The van der Waals surface area contributed by atoms with E-state index in [-0.39, 0.29) is 27.4 Å². The molecule has 0 atom stereocenters. The molecule has 2 heterocycles. The fraction of sp³-hybridized carbons (Fsp3) is 0.250. The molecule has 1 aliphatic rings. The molecule has 0 unspecified atom stereocenters. The molecule has 4 aromatic rings. The maximum absolute atomic E-state index is 13.1. The van der Waals surface area contributed by atoms with E-state index in [2.05, 4.69) is 16.8 Å². The lowest BCUT2D eigenvalue weighted by molar-refractivity contribution is -0.137. The Labute approximate surface area is 227 Å². The Hall–Kier alpha value is -2.67. The van der Waals surface area contributed by atoms with E-state index in [0.717, 1.165) is 41.4 Å². The molecule has 1 aliphatic heterocycles. The predicted octanol–water partition coefficient (Wildman–Crippen LogP) is 8.69. The van der Waals surface area contributed by atoms with Gasteiger partial charge in [0.05, 0.1) is 21.2 Å². The predicted molar refractivity (Wildman–Crippen MR) is 142 cm³/mol. The molecule has 0 saturated carbocycles. The van der Waals surface area contributed by atoms with E-state index in [1.165, 1.54) is 29.8 Å². The minimum absolute atomic E-state index is 0.213. The minimum atomic E-state index is -4.35. The fourth-order valence-corrected chi connectivity index (χ4v) is 6.00. The molecule has 9 heteroatoms. The molecule has 1 amide bonds. The number of amides is 1. The number of hydrogen-bond acceptors (Lipinski definition) is 1. The summed E-state index contributed by atoms with van der Waals surface area (Å²) < 4.78 is 40.9. The number of fused-ring (bicyclic) bond motifs is 1. The molecule has 0 spiro atoms. The monoisotopic (exact) mass is 564 g/mol. The van der Waals surface area contributed by atoms with Gasteiger partial charge in [-0.2, -0.15) is 13.2 Å². The largest absolute Gasteiger partial charge is 0.416 e. The number of piperidine rings is 1. The van der Waals surface area contributed by atoms with Crippen LogP contribution in [0.5, 0.6) is 0 Å². The average molecular weight is 566 g/mol. The number of para-hydroxylation sites is 1. The van der Waals surface area contributed by atoms with Gasteiger partial charge in [-0.05, 0) is 60.2 Å². The van der Waals surface area contributed by atoms with E-state index in [1.807, 2.05) is 18.2 Å². The first-order valence-electron chi connectivity index (χ1n) is 11.8. The highest BCUT2D eigenvalue weighted by Gasteiger charge is 2.30. The highest BCUT2D eigenvalue weighted by atomic mass is 35.5. The van der Waals surface area contributed by atoms with Crippen LogP contribution in [-0.2, 0) is 12.7 Å². The number of carbonyl (C=O) groups excluding carboxylic acids is 1. The van der Waals surface area contributed by atoms with Crippen molar-refractivity contribution >= 4 is 51.6 Å². The summed E-state index contributed by atoms with van der Waals surface area (Å²) in [6.07, 6.45) is -0.727. The Bertz CT molecular complexity index is 1430. The summed E-state index contributed by atoms with van der Waals surface area (Å²) in [5, 5.41) is 1.95. The molecular formula is C28H22Cl3F3N2O. The summed E-state index contributed by atoms with van der Waals surface area (Å²) in [6.45, 7) is 1.57. The second-order valence-corrected chi connectivity index (χ2v) is 10.5. The summed E-state index contributed by atoms with van der Waals surface area (Å²) >= 11 is 18.5. The zero-order valence-electron chi connectivity index (χ0n) is 19.5. The van der Waals surface area contributed by atoms with Gasteiger partial charge in [-0.25, -0.2) is 0 Å². The fourth-order valence-electron chi connectivity index (χ4n) is 5.03. The van der Waals surface area contributed by atoms with Gasteiger partial charge in [0.15, 0.2) is 0 Å². The summed E-state index contributed by atoms with van der Waals surface area (Å²) in [7, 11) is 0. The van der Waals surface area contributed by atoms with Gasteiger partial charge in [-0.3, -0.25) is 4.79 Å². The van der Waals surface area contributed by atoms with E-state index in [1.54, 1.807) is 4.90 Å². The molecule has 0 N–H and O–H groups in total. The van der Waals surface area contributed by atoms with Crippen LogP contribution in [0.25, 0.3) is 10.9 Å². The van der Waals surface area contributed by atoms with Gasteiger partial charge < -0.3 is 9.47 Å². The van der Waals surface area contributed by atoms with Gasteiger partial charge in [-0.15, -0.1) is 0 Å². The van der Waals surface area contributed by atoms with Crippen LogP contribution >= 0.6 is 34.8 Å². The van der Waals surface area contributed by atoms with Gasteiger partial charge in [0.2, 0.25) is 0 Å². The van der Waals surface area contributed by atoms with Crippen LogP contribution in [0.1, 0.15) is 45.8 Å². The van der Waals surface area contributed by atoms with Crippen LogP contribution in [-0.4, -0.2) is 28.5 Å². The molecular weight excluding hydrogens is 544 g/mol. The van der Waals surface area contributed by atoms with E-state index in [4.69, 9.17) is 34.8 Å². The molecule has 37 heavy (non-hydrogen) atoms. The van der Waals surface area contributed by atoms with E-state index in [9.17, 15) is 18.0 Å². The maximum atomic E-state index is 13.1. The number of benzene rings is 3. The topological polar surface area (TPSA) is 25.2 Å². The third-order valence-corrected chi connectivity index (χ3v) is 7.71. The first-order valence-corrected chi connectivity index (χ1v) is 12.9. The highest BCUT2D eigenvalue weighted by Crippen LogP contribution is 2.37. The van der Waals surface area contributed by atoms with Crippen LogP contribution in [0.15, 0.2) is 66.9 Å². The number of aromatic nitrogens is 1. The molecule has 0 bridgehead atoms. The number of hydrogen-bond donors (Lipinski definition) is 0. The Kier molecular flexibility index (Phi) is 7.18. The van der Waals surface area contributed by atoms with Crippen molar-refractivity contribution in [3.05, 3.63) is 104 Å². The average Bonchev–Trinajstić information content (AvgIpc) is 3.21. The third-order valence-electron chi connectivity index (χ3n) is 6.90. The van der Waals surface area contributed by atoms with Crippen molar-refractivity contribution in [2.45, 2.75) is 31.5 Å². The molecule has 1 aromatic heterocycles. The summed E-state index contributed by atoms with van der Waals surface area (Å²) in [6, 6.07) is 16.3. The van der Waals surface area contributed by atoms with Crippen LogP contribution in [0.3, 0.4) is 0 Å². The van der Waals surface area contributed by atoms with Crippen LogP contribution in [0.2, 0.25) is 15.1 Å². The Balaban J connectivity index is 1.35. The quantitative estimate of drug-likeness (QED) is 0.243. The number of nitrogens with zero attached hydrogens (tertiary/aromatic N) is 2. The van der Waals surface area contributed by atoms with Crippen molar-refractivity contribution < 1.29 is 18.0 Å². The molecule has 192 valence electrons. The molecule has 1 saturated heterocycles. The van der Waals surface area contributed by atoms with E-state index in [0.29, 0.717) is 24.7 Å². The SMILES string of the molecule is O=C(c1c(Cl)cc(Cl)cc1Cl)N1CCC(c2cn(Cc3ccc(C(F)(F)F)cc3)c3ccccc23)CC1. The van der Waals surface area contributed by atoms with E-state index >= 15 is 0 Å². The van der Waals surface area contributed by atoms with E-state index < -0.39 is 11.7 Å². The second-order valence-electron chi connectivity index (χ2n) is 9.24. The summed E-state index contributed by atoms with van der Waals surface area (Å²) in [5.74, 6) is 0.0221. The normalized spacial score (nSPS) is 14.9. The van der Waals surface area contributed by atoms with Crippen molar-refractivity contribution in [1.82, 2.24) is 9.47 Å².